The van der Waals surface area contributed by atoms with Crippen LogP contribution in [0.2, 0.25) is 0 Å². The number of amides is 2. The molecule has 29 heavy (non-hydrogen) atoms. The van der Waals surface area contributed by atoms with Crippen LogP contribution in [-0.4, -0.2) is 57.8 Å². The molecule has 3 aromatic rings. The average Bonchev–Trinajstić information content (AvgIpc) is 3.33. The van der Waals surface area contributed by atoms with E-state index in [9.17, 15) is 9.59 Å². The highest BCUT2D eigenvalue weighted by molar-refractivity contribution is 5.95. The quantitative estimate of drug-likeness (QED) is 0.717. The molecular weight excluding hydrogens is 370 g/mol. The van der Waals surface area contributed by atoms with Crippen molar-refractivity contribution >= 4 is 17.6 Å². The van der Waals surface area contributed by atoms with Crippen molar-refractivity contribution in [1.82, 2.24) is 19.8 Å². The van der Waals surface area contributed by atoms with Crippen molar-refractivity contribution in [2.24, 2.45) is 0 Å². The highest BCUT2D eigenvalue weighted by Crippen LogP contribution is 2.14. The van der Waals surface area contributed by atoms with E-state index in [4.69, 9.17) is 4.42 Å². The molecule has 4 rings (SSSR count). The molecule has 1 aliphatic rings. The Morgan fingerprint density at radius 3 is 2.41 bits per heavy atom. The molecule has 1 fully saturated rings. The van der Waals surface area contributed by atoms with Gasteiger partial charge in [0.2, 0.25) is 0 Å². The maximum Gasteiger partial charge on any atom is 0.289 e. The third kappa shape index (κ3) is 4.43. The number of rotatable bonds is 5. The summed E-state index contributed by atoms with van der Waals surface area (Å²) in [7, 11) is 0. The van der Waals surface area contributed by atoms with Gasteiger partial charge < -0.3 is 19.5 Å². The number of hydrogen-bond acceptors (Lipinski definition) is 6. The Hall–Kier alpha value is -3.68. The molecule has 8 nitrogen and oxygen atoms in total. The van der Waals surface area contributed by atoms with Gasteiger partial charge in [0, 0.05) is 44.1 Å². The van der Waals surface area contributed by atoms with Gasteiger partial charge in [-0.25, -0.2) is 4.98 Å². The Morgan fingerprint density at radius 1 is 0.931 bits per heavy atom. The SMILES string of the molecule is O=C(c1ccnc(NCc2ccccn2)c1)N1CCN(C(=O)c2ccco2)CC1. The van der Waals surface area contributed by atoms with Gasteiger partial charge in [-0.3, -0.25) is 14.6 Å². The number of piperazine rings is 1. The Labute approximate surface area is 168 Å². The summed E-state index contributed by atoms with van der Waals surface area (Å²) in [6, 6.07) is 12.5. The number of furan rings is 1. The van der Waals surface area contributed by atoms with Crippen molar-refractivity contribution in [3.8, 4) is 0 Å². The van der Waals surface area contributed by atoms with Gasteiger partial charge in [0.1, 0.15) is 5.82 Å². The zero-order valence-electron chi connectivity index (χ0n) is 15.8. The molecule has 0 aliphatic carbocycles. The Kier molecular flexibility index (Phi) is 5.51. The van der Waals surface area contributed by atoms with Crippen molar-refractivity contribution < 1.29 is 14.0 Å². The molecule has 0 unspecified atom stereocenters. The number of nitrogens with zero attached hydrogens (tertiary/aromatic N) is 4. The van der Waals surface area contributed by atoms with Crippen LogP contribution in [0.15, 0.2) is 65.5 Å². The van der Waals surface area contributed by atoms with Crippen molar-refractivity contribution in [3.05, 3.63) is 78.1 Å². The third-order valence-electron chi connectivity index (χ3n) is 4.77. The molecule has 0 aromatic carbocycles. The molecule has 2 amide bonds. The van der Waals surface area contributed by atoms with Crippen LogP contribution in [-0.2, 0) is 6.54 Å². The van der Waals surface area contributed by atoms with E-state index in [1.54, 1.807) is 46.5 Å². The third-order valence-corrected chi connectivity index (χ3v) is 4.77. The van der Waals surface area contributed by atoms with E-state index >= 15 is 0 Å². The molecule has 1 aliphatic heterocycles. The summed E-state index contributed by atoms with van der Waals surface area (Å²) in [5.41, 5.74) is 1.46. The van der Waals surface area contributed by atoms with E-state index < -0.39 is 0 Å². The van der Waals surface area contributed by atoms with E-state index in [1.165, 1.54) is 6.26 Å². The maximum absolute atomic E-state index is 12.9. The molecule has 0 saturated carbocycles. The fraction of sp³-hybridized carbons (Fsp3) is 0.238. The fourth-order valence-electron chi connectivity index (χ4n) is 3.20. The summed E-state index contributed by atoms with van der Waals surface area (Å²) in [6.45, 7) is 2.43. The molecule has 0 spiro atoms. The minimum absolute atomic E-state index is 0.0709. The first-order valence-electron chi connectivity index (χ1n) is 9.42. The zero-order valence-corrected chi connectivity index (χ0v) is 15.8. The molecular formula is C21H21N5O3. The Bertz CT molecular complexity index is 967. The van der Waals surface area contributed by atoms with E-state index in [0.29, 0.717) is 49.9 Å². The summed E-state index contributed by atoms with van der Waals surface area (Å²) in [6.07, 6.45) is 4.83. The predicted octanol–water partition coefficient (Wildman–Crippen LogP) is 2.28. The number of carbonyl (C=O) groups excluding carboxylic acids is 2. The van der Waals surface area contributed by atoms with Gasteiger partial charge in [0.05, 0.1) is 18.5 Å². The number of nitrogens with one attached hydrogen (secondary N) is 1. The first kappa shape index (κ1) is 18.7. The standard InChI is InChI=1S/C21H21N5O3/c27-20(25-9-11-26(12-10-25)21(28)18-5-3-13-29-18)16-6-8-23-19(14-16)24-15-17-4-1-2-7-22-17/h1-8,13-14H,9-12,15H2,(H,23,24). The van der Waals surface area contributed by atoms with Gasteiger partial charge in [-0.05, 0) is 36.4 Å². The van der Waals surface area contributed by atoms with Crippen LogP contribution in [0, 0.1) is 0 Å². The average molecular weight is 391 g/mol. The minimum Gasteiger partial charge on any atom is -0.459 e. The van der Waals surface area contributed by atoms with Crippen molar-refractivity contribution in [1.29, 1.82) is 0 Å². The second kappa shape index (κ2) is 8.55. The predicted molar refractivity (Wildman–Crippen MR) is 106 cm³/mol. The molecule has 0 bridgehead atoms. The zero-order chi connectivity index (χ0) is 20.1. The summed E-state index contributed by atoms with van der Waals surface area (Å²) < 4.78 is 5.17. The second-order valence-corrected chi connectivity index (χ2v) is 6.67. The van der Waals surface area contributed by atoms with Crippen molar-refractivity contribution in [2.45, 2.75) is 6.54 Å². The van der Waals surface area contributed by atoms with Gasteiger partial charge in [-0.15, -0.1) is 0 Å². The minimum atomic E-state index is -0.146. The molecule has 1 N–H and O–H groups in total. The van der Waals surface area contributed by atoms with Crippen LogP contribution in [0.1, 0.15) is 26.6 Å². The smallest absolute Gasteiger partial charge is 0.289 e. The molecule has 0 radical (unpaired) electrons. The topological polar surface area (TPSA) is 91.6 Å². The Balaban J connectivity index is 1.34. The van der Waals surface area contributed by atoms with Crippen LogP contribution in [0.5, 0.6) is 0 Å². The number of carbonyl (C=O) groups is 2. The summed E-state index contributed by atoms with van der Waals surface area (Å²) in [4.78, 5) is 37.2. The van der Waals surface area contributed by atoms with Crippen LogP contribution >= 0.6 is 0 Å². The highest BCUT2D eigenvalue weighted by Gasteiger charge is 2.26. The number of aromatic nitrogens is 2. The second-order valence-electron chi connectivity index (χ2n) is 6.67. The molecule has 0 atom stereocenters. The first-order chi connectivity index (χ1) is 14.2. The monoisotopic (exact) mass is 391 g/mol. The van der Waals surface area contributed by atoms with Crippen LogP contribution < -0.4 is 5.32 Å². The van der Waals surface area contributed by atoms with E-state index in [1.807, 2.05) is 18.2 Å². The molecule has 8 heteroatoms. The van der Waals surface area contributed by atoms with Gasteiger partial charge >= 0.3 is 0 Å². The van der Waals surface area contributed by atoms with E-state index in [-0.39, 0.29) is 11.8 Å². The molecule has 148 valence electrons. The van der Waals surface area contributed by atoms with Gasteiger partial charge in [0.15, 0.2) is 5.76 Å². The molecule has 3 aromatic heterocycles. The van der Waals surface area contributed by atoms with Crippen molar-refractivity contribution in [3.63, 3.8) is 0 Å². The largest absolute Gasteiger partial charge is 0.459 e. The van der Waals surface area contributed by atoms with Gasteiger partial charge in [0.25, 0.3) is 11.8 Å². The van der Waals surface area contributed by atoms with Crippen LogP contribution in [0.3, 0.4) is 0 Å². The highest BCUT2D eigenvalue weighted by atomic mass is 16.3. The molecule has 4 heterocycles. The maximum atomic E-state index is 12.9. The van der Waals surface area contributed by atoms with Gasteiger partial charge in [-0.2, -0.15) is 0 Å². The van der Waals surface area contributed by atoms with E-state index in [2.05, 4.69) is 15.3 Å². The lowest BCUT2D eigenvalue weighted by molar-refractivity contribution is 0.0518. The lowest BCUT2D eigenvalue weighted by Gasteiger charge is -2.34. The summed E-state index contributed by atoms with van der Waals surface area (Å²) in [5, 5.41) is 3.19. The lowest BCUT2D eigenvalue weighted by Crippen LogP contribution is -2.50. The number of pyridine rings is 2. The first-order valence-corrected chi connectivity index (χ1v) is 9.42. The van der Waals surface area contributed by atoms with Crippen LogP contribution in [0.25, 0.3) is 0 Å². The van der Waals surface area contributed by atoms with Gasteiger partial charge in [-0.1, -0.05) is 6.07 Å². The van der Waals surface area contributed by atoms with Crippen LogP contribution in [0.4, 0.5) is 5.82 Å². The number of anilines is 1. The normalized spacial score (nSPS) is 13.9. The Morgan fingerprint density at radius 2 is 1.72 bits per heavy atom. The lowest BCUT2D eigenvalue weighted by atomic mass is 10.2. The number of hydrogen-bond donors (Lipinski definition) is 1. The van der Waals surface area contributed by atoms with E-state index in [0.717, 1.165) is 5.69 Å². The summed E-state index contributed by atoms with van der Waals surface area (Å²) >= 11 is 0. The fourth-order valence-corrected chi connectivity index (χ4v) is 3.20. The summed E-state index contributed by atoms with van der Waals surface area (Å²) in [5.74, 6) is 0.723. The molecule has 1 saturated heterocycles. The van der Waals surface area contributed by atoms with Crippen molar-refractivity contribution in [2.75, 3.05) is 31.5 Å².